The minimum Gasteiger partial charge on any atom is -0.494 e. The van der Waals surface area contributed by atoms with Gasteiger partial charge in [-0.2, -0.15) is 0 Å². The maximum Gasteiger partial charge on any atom is 0.220 e. The smallest absolute Gasteiger partial charge is 0.220 e. The van der Waals surface area contributed by atoms with Gasteiger partial charge in [0.05, 0.1) is 23.7 Å². The van der Waals surface area contributed by atoms with E-state index >= 15 is 0 Å². The molecule has 5 nitrogen and oxygen atoms in total. The monoisotopic (exact) mass is 377 g/mol. The quantitative estimate of drug-likeness (QED) is 0.594. The van der Waals surface area contributed by atoms with E-state index in [0.717, 1.165) is 55.0 Å². The van der Waals surface area contributed by atoms with Crippen LogP contribution in [0.4, 0.5) is 0 Å². The Morgan fingerprint density at radius 3 is 2.89 bits per heavy atom. The summed E-state index contributed by atoms with van der Waals surface area (Å²) in [6.45, 7) is 6.01. The number of amides is 1. The van der Waals surface area contributed by atoms with Crippen molar-refractivity contribution >= 4 is 16.9 Å². The number of para-hydroxylation sites is 2. The molecule has 0 saturated carbocycles. The third-order valence-electron chi connectivity index (χ3n) is 5.42. The Morgan fingerprint density at radius 2 is 2.07 bits per heavy atom. The van der Waals surface area contributed by atoms with Gasteiger partial charge in [0.2, 0.25) is 5.91 Å². The third-order valence-corrected chi connectivity index (χ3v) is 5.42. The van der Waals surface area contributed by atoms with Crippen LogP contribution in [0, 0.1) is 6.92 Å². The van der Waals surface area contributed by atoms with Crippen LogP contribution in [0.25, 0.3) is 11.0 Å². The molecule has 1 fully saturated rings. The van der Waals surface area contributed by atoms with Crippen molar-refractivity contribution < 1.29 is 9.53 Å². The molecule has 5 heteroatoms. The largest absolute Gasteiger partial charge is 0.494 e. The van der Waals surface area contributed by atoms with Crippen LogP contribution in [0.15, 0.2) is 48.5 Å². The first-order valence-corrected chi connectivity index (χ1v) is 10.1. The van der Waals surface area contributed by atoms with Gasteiger partial charge in [-0.1, -0.05) is 24.3 Å². The summed E-state index contributed by atoms with van der Waals surface area (Å²) in [5.74, 6) is 2.04. The molecule has 0 N–H and O–H groups in total. The van der Waals surface area contributed by atoms with E-state index in [2.05, 4.69) is 29.7 Å². The molecular weight excluding hydrogens is 350 g/mol. The SMILES string of the molecule is CC(=O)N1CCC[C@@H]1c1nc2ccccc2n1CCCOc1cccc(C)c1. The van der Waals surface area contributed by atoms with Crippen LogP contribution in [-0.2, 0) is 11.3 Å². The van der Waals surface area contributed by atoms with E-state index in [-0.39, 0.29) is 11.9 Å². The van der Waals surface area contributed by atoms with Crippen LogP contribution in [0.1, 0.15) is 43.6 Å². The van der Waals surface area contributed by atoms with E-state index in [1.54, 1.807) is 6.92 Å². The fourth-order valence-corrected chi connectivity index (χ4v) is 4.11. The van der Waals surface area contributed by atoms with E-state index in [4.69, 9.17) is 9.72 Å². The van der Waals surface area contributed by atoms with Crippen molar-refractivity contribution in [2.75, 3.05) is 13.2 Å². The number of imidazole rings is 1. The van der Waals surface area contributed by atoms with Crippen LogP contribution >= 0.6 is 0 Å². The van der Waals surface area contributed by atoms with Crippen LogP contribution < -0.4 is 4.74 Å². The second-order valence-electron chi connectivity index (χ2n) is 7.50. The highest BCUT2D eigenvalue weighted by molar-refractivity contribution is 5.77. The van der Waals surface area contributed by atoms with Crippen molar-refractivity contribution in [1.29, 1.82) is 0 Å². The fraction of sp³-hybridized carbons (Fsp3) is 0.391. The van der Waals surface area contributed by atoms with Crippen molar-refractivity contribution in [3.8, 4) is 5.75 Å². The molecule has 1 atom stereocenters. The first-order chi connectivity index (χ1) is 13.6. The van der Waals surface area contributed by atoms with E-state index in [0.29, 0.717) is 6.61 Å². The van der Waals surface area contributed by atoms with Gasteiger partial charge in [-0.3, -0.25) is 4.79 Å². The van der Waals surface area contributed by atoms with Crippen LogP contribution in [0.2, 0.25) is 0 Å². The summed E-state index contributed by atoms with van der Waals surface area (Å²) in [4.78, 5) is 18.9. The first kappa shape index (κ1) is 18.5. The average molecular weight is 377 g/mol. The number of ether oxygens (including phenoxy) is 1. The van der Waals surface area contributed by atoms with Crippen LogP contribution in [-0.4, -0.2) is 33.5 Å². The van der Waals surface area contributed by atoms with E-state index < -0.39 is 0 Å². The maximum absolute atomic E-state index is 12.1. The molecule has 0 bridgehead atoms. The van der Waals surface area contributed by atoms with Gasteiger partial charge in [0.15, 0.2) is 0 Å². The van der Waals surface area contributed by atoms with Crippen molar-refractivity contribution in [3.63, 3.8) is 0 Å². The highest BCUT2D eigenvalue weighted by Crippen LogP contribution is 2.33. The summed E-state index contributed by atoms with van der Waals surface area (Å²) in [5, 5.41) is 0. The molecule has 0 radical (unpaired) electrons. The Bertz CT molecular complexity index is 979. The summed E-state index contributed by atoms with van der Waals surface area (Å²) in [6.07, 6.45) is 2.89. The van der Waals surface area contributed by atoms with Gasteiger partial charge in [0.1, 0.15) is 11.6 Å². The summed E-state index contributed by atoms with van der Waals surface area (Å²) in [5.41, 5.74) is 3.32. The summed E-state index contributed by atoms with van der Waals surface area (Å²) < 4.78 is 8.20. The number of carbonyl (C=O) groups is 1. The third kappa shape index (κ3) is 3.75. The molecule has 2 heterocycles. The zero-order valence-corrected chi connectivity index (χ0v) is 16.6. The van der Waals surface area contributed by atoms with Crippen LogP contribution in [0.5, 0.6) is 5.75 Å². The number of aryl methyl sites for hydroxylation is 2. The second kappa shape index (κ2) is 8.05. The van der Waals surface area contributed by atoms with Crippen molar-refractivity contribution in [1.82, 2.24) is 14.5 Å². The number of nitrogens with zero attached hydrogens (tertiary/aromatic N) is 3. The van der Waals surface area contributed by atoms with Crippen LogP contribution in [0.3, 0.4) is 0 Å². The number of likely N-dealkylation sites (tertiary alicyclic amines) is 1. The molecule has 28 heavy (non-hydrogen) atoms. The molecular formula is C23H27N3O2. The van der Waals surface area contributed by atoms with Gasteiger partial charge in [0.25, 0.3) is 0 Å². The van der Waals surface area contributed by atoms with Crippen molar-refractivity contribution in [2.24, 2.45) is 0 Å². The van der Waals surface area contributed by atoms with Crippen molar-refractivity contribution in [2.45, 2.75) is 45.7 Å². The number of carbonyl (C=O) groups excluding carboxylic acids is 1. The van der Waals surface area contributed by atoms with Gasteiger partial charge in [-0.25, -0.2) is 4.98 Å². The number of fused-ring (bicyclic) bond motifs is 1. The number of hydrogen-bond acceptors (Lipinski definition) is 3. The molecule has 1 saturated heterocycles. The Morgan fingerprint density at radius 1 is 1.21 bits per heavy atom. The van der Waals surface area contributed by atoms with Gasteiger partial charge in [-0.05, 0) is 56.0 Å². The Kier molecular flexibility index (Phi) is 5.33. The molecule has 1 amide bonds. The van der Waals surface area contributed by atoms with E-state index in [1.165, 1.54) is 5.56 Å². The van der Waals surface area contributed by atoms with Gasteiger partial charge >= 0.3 is 0 Å². The molecule has 1 aromatic heterocycles. The molecule has 146 valence electrons. The van der Waals surface area contributed by atoms with E-state index in [9.17, 15) is 4.79 Å². The molecule has 4 rings (SSSR count). The maximum atomic E-state index is 12.1. The highest BCUT2D eigenvalue weighted by Gasteiger charge is 2.31. The second-order valence-corrected chi connectivity index (χ2v) is 7.50. The molecule has 0 spiro atoms. The topological polar surface area (TPSA) is 47.4 Å². The summed E-state index contributed by atoms with van der Waals surface area (Å²) in [6, 6.07) is 16.4. The predicted octanol–water partition coefficient (Wildman–Crippen LogP) is 4.50. The Hall–Kier alpha value is -2.82. The Balaban J connectivity index is 1.53. The van der Waals surface area contributed by atoms with Crippen molar-refractivity contribution in [3.05, 3.63) is 59.9 Å². The minimum atomic E-state index is 0.0718. The molecule has 0 unspecified atom stereocenters. The standard InChI is InChI=1S/C23H27N3O2/c1-17-8-5-9-19(16-17)28-15-7-14-26-21-11-4-3-10-20(21)24-23(26)22-12-6-13-25(22)18(2)27/h3-5,8-11,16,22H,6-7,12-15H2,1-2H3/t22-/m1/s1. The normalized spacial score (nSPS) is 16.6. The number of rotatable bonds is 6. The zero-order valence-electron chi connectivity index (χ0n) is 16.6. The lowest BCUT2D eigenvalue weighted by Crippen LogP contribution is -2.30. The highest BCUT2D eigenvalue weighted by atomic mass is 16.5. The van der Waals surface area contributed by atoms with E-state index in [1.807, 2.05) is 35.2 Å². The lowest BCUT2D eigenvalue weighted by Gasteiger charge is -2.24. The zero-order chi connectivity index (χ0) is 19.5. The number of hydrogen-bond donors (Lipinski definition) is 0. The Labute approximate surface area is 165 Å². The van der Waals surface area contributed by atoms with Gasteiger partial charge in [0, 0.05) is 20.0 Å². The van der Waals surface area contributed by atoms with Gasteiger partial charge in [-0.15, -0.1) is 0 Å². The average Bonchev–Trinajstić information content (AvgIpc) is 3.30. The number of aromatic nitrogens is 2. The molecule has 1 aliphatic heterocycles. The number of benzene rings is 2. The lowest BCUT2D eigenvalue weighted by atomic mass is 10.2. The minimum absolute atomic E-state index is 0.0718. The molecule has 3 aromatic rings. The lowest BCUT2D eigenvalue weighted by molar-refractivity contribution is -0.129. The fourth-order valence-electron chi connectivity index (χ4n) is 4.11. The molecule has 1 aliphatic rings. The molecule has 2 aromatic carbocycles. The van der Waals surface area contributed by atoms with Gasteiger partial charge < -0.3 is 14.2 Å². The summed E-state index contributed by atoms with van der Waals surface area (Å²) in [7, 11) is 0. The molecule has 0 aliphatic carbocycles. The predicted molar refractivity (Wildman–Crippen MR) is 110 cm³/mol. The summed E-state index contributed by atoms with van der Waals surface area (Å²) >= 11 is 0. The first-order valence-electron chi connectivity index (χ1n) is 10.1.